The van der Waals surface area contributed by atoms with E-state index in [0.29, 0.717) is 5.54 Å². The van der Waals surface area contributed by atoms with Crippen LogP contribution in [0.4, 0.5) is 0 Å². The van der Waals surface area contributed by atoms with Gasteiger partial charge in [0.1, 0.15) is 0 Å². The summed E-state index contributed by atoms with van der Waals surface area (Å²) in [6.07, 6.45) is 4.07. The fourth-order valence-electron chi connectivity index (χ4n) is 1.66. The van der Waals surface area contributed by atoms with Gasteiger partial charge in [-0.3, -0.25) is 0 Å². The first-order valence-corrected chi connectivity index (χ1v) is 4.88. The molecule has 0 aliphatic carbocycles. The van der Waals surface area contributed by atoms with Crippen molar-refractivity contribution < 1.29 is 0 Å². The fraction of sp³-hybridized carbons (Fsp3) is 1.00. The molecule has 0 bridgehead atoms. The van der Waals surface area contributed by atoms with Crippen molar-refractivity contribution in [1.82, 2.24) is 5.32 Å². The molecule has 1 nitrogen and oxygen atoms in total. The monoisotopic (exact) mass is 157 g/mol. The summed E-state index contributed by atoms with van der Waals surface area (Å²) >= 11 is 0. The second-order valence-corrected chi connectivity index (χ2v) is 3.82. The highest BCUT2D eigenvalue weighted by Crippen LogP contribution is 2.20. The molecule has 0 spiro atoms. The highest BCUT2D eigenvalue weighted by molar-refractivity contribution is 4.85. The summed E-state index contributed by atoms with van der Waals surface area (Å²) in [4.78, 5) is 0. The number of nitrogens with one attached hydrogen (secondary N) is 1. The normalized spacial score (nSPS) is 28.6. The van der Waals surface area contributed by atoms with E-state index in [1.807, 2.05) is 13.8 Å². The Morgan fingerprint density at radius 3 is 2.09 bits per heavy atom. The van der Waals surface area contributed by atoms with Crippen molar-refractivity contribution in [3.05, 3.63) is 0 Å². The van der Waals surface area contributed by atoms with Crippen LogP contribution in [0.5, 0.6) is 0 Å². The van der Waals surface area contributed by atoms with Gasteiger partial charge in [0.2, 0.25) is 0 Å². The lowest BCUT2D eigenvalue weighted by atomic mass is 9.90. The van der Waals surface area contributed by atoms with E-state index in [1.165, 1.54) is 19.3 Å². The Labute approximate surface area is 71.6 Å². The predicted octanol–water partition coefficient (Wildman–Crippen LogP) is 2.95. The molecule has 0 saturated carbocycles. The second-order valence-electron chi connectivity index (χ2n) is 3.82. The number of hydrogen-bond donors (Lipinski definition) is 1. The Balaban J connectivity index is 0.000000461. The van der Waals surface area contributed by atoms with E-state index >= 15 is 0 Å². The maximum atomic E-state index is 3.56. The Kier molecular flexibility index (Phi) is 4.74. The molecule has 11 heavy (non-hydrogen) atoms. The number of rotatable bonds is 0. The van der Waals surface area contributed by atoms with Gasteiger partial charge in [0, 0.05) is 11.6 Å². The van der Waals surface area contributed by atoms with E-state index < -0.39 is 0 Å². The van der Waals surface area contributed by atoms with Crippen LogP contribution in [0, 0.1) is 0 Å². The van der Waals surface area contributed by atoms with Gasteiger partial charge in [-0.15, -0.1) is 0 Å². The van der Waals surface area contributed by atoms with E-state index in [2.05, 4.69) is 26.1 Å². The van der Waals surface area contributed by atoms with E-state index in [-0.39, 0.29) is 0 Å². The van der Waals surface area contributed by atoms with Crippen molar-refractivity contribution in [2.24, 2.45) is 0 Å². The lowest BCUT2D eigenvalue weighted by molar-refractivity contribution is 0.254. The quantitative estimate of drug-likeness (QED) is 0.570. The first kappa shape index (κ1) is 11.0. The average Bonchev–Trinajstić information content (AvgIpc) is 1.89. The maximum absolute atomic E-state index is 3.56. The van der Waals surface area contributed by atoms with E-state index in [1.54, 1.807) is 0 Å². The van der Waals surface area contributed by atoms with Crippen LogP contribution in [-0.2, 0) is 0 Å². The minimum absolute atomic E-state index is 0.400. The van der Waals surface area contributed by atoms with Gasteiger partial charge >= 0.3 is 0 Å². The standard InChI is InChI=1S/C8H17N.C2H6/c1-7-5-4-6-8(2,3)9-7;1-2/h7,9H,4-6H2,1-3H3;1-2H3. The summed E-state index contributed by atoms with van der Waals surface area (Å²) in [5, 5.41) is 3.56. The van der Waals surface area contributed by atoms with Crippen molar-refractivity contribution in [2.45, 2.75) is 65.5 Å². The van der Waals surface area contributed by atoms with Gasteiger partial charge in [0.05, 0.1) is 0 Å². The molecule has 0 aromatic heterocycles. The van der Waals surface area contributed by atoms with Crippen molar-refractivity contribution in [3.63, 3.8) is 0 Å². The van der Waals surface area contributed by atoms with Crippen molar-refractivity contribution in [2.75, 3.05) is 0 Å². The molecule has 1 heterocycles. The molecule has 1 N–H and O–H groups in total. The molecule has 68 valence electrons. The molecule has 1 aliphatic heterocycles. The summed E-state index contributed by atoms with van der Waals surface area (Å²) in [5.74, 6) is 0. The summed E-state index contributed by atoms with van der Waals surface area (Å²) in [6.45, 7) is 10.8. The molecular weight excluding hydrogens is 134 g/mol. The first-order valence-electron chi connectivity index (χ1n) is 4.88. The maximum Gasteiger partial charge on any atom is 0.0127 e. The minimum Gasteiger partial charge on any atom is -0.309 e. The van der Waals surface area contributed by atoms with Crippen LogP contribution < -0.4 is 5.32 Å². The molecule has 0 radical (unpaired) electrons. The molecule has 1 saturated heterocycles. The van der Waals surface area contributed by atoms with Crippen LogP contribution in [0.25, 0.3) is 0 Å². The fourth-order valence-corrected chi connectivity index (χ4v) is 1.66. The molecule has 1 atom stereocenters. The highest BCUT2D eigenvalue weighted by Gasteiger charge is 2.23. The largest absolute Gasteiger partial charge is 0.309 e. The Morgan fingerprint density at radius 1 is 1.27 bits per heavy atom. The SMILES string of the molecule is CC.CC1CCCC(C)(C)N1. The van der Waals surface area contributed by atoms with Crippen LogP contribution in [0.15, 0.2) is 0 Å². The lowest BCUT2D eigenvalue weighted by Crippen LogP contribution is -2.47. The predicted molar refractivity (Wildman–Crippen MR) is 51.9 cm³/mol. The Bertz CT molecular complexity index is 97.0. The number of hydrogen-bond acceptors (Lipinski definition) is 1. The third-order valence-electron chi connectivity index (χ3n) is 2.08. The molecule has 1 aliphatic rings. The second kappa shape index (κ2) is 4.76. The summed E-state index contributed by atoms with van der Waals surface area (Å²) < 4.78 is 0. The van der Waals surface area contributed by atoms with Gasteiger partial charge < -0.3 is 5.32 Å². The Morgan fingerprint density at radius 2 is 1.82 bits per heavy atom. The van der Waals surface area contributed by atoms with Gasteiger partial charge in [0.25, 0.3) is 0 Å². The zero-order valence-electron chi connectivity index (χ0n) is 8.70. The van der Waals surface area contributed by atoms with Gasteiger partial charge in [-0.25, -0.2) is 0 Å². The van der Waals surface area contributed by atoms with Crippen LogP contribution in [-0.4, -0.2) is 11.6 Å². The summed E-state index contributed by atoms with van der Waals surface area (Å²) in [7, 11) is 0. The average molecular weight is 157 g/mol. The van der Waals surface area contributed by atoms with E-state index in [9.17, 15) is 0 Å². The molecule has 0 aromatic carbocycles. The third kappa shape index (κ3) is 4.41. The van der Waals surface area contributed by atoms with Gasteiger partial charge in [-0.2, -0.15) is 0 Å². The summed E-state index contributed by atoms with van der Waals surface area (Å²) in [5.41, 5.74) is 0.400. The molecular formula is C10H23N. The highest BCUT2D eigenvalue weighted by atomic mass is 15.0. The molecule has 1 unspecified atom stereocenters. The Hall–Kier alpha value is -0.0400. The van der Waals surface area contributed by atoms with Gasteiger partial charge in [-0.1, -0.05) is 20.3 Å². The number of piperidine rings is 1. The first-order chi connectivity index (χ1) is 5.10. The van der Waals surface area contributed by atoms with Crippen molar-refractivity contribution in [1.29, 1.82) is 0 Å². The van der Waals surface area contributed by atoms with E-state index in [0.717, 1.165) is 6.04 Å². The van der Waals surface area contributed by atoms with Gasteiger partial charge in [0.15, 0.2) is 0 Å². The van der Waals surface area contributed by atoms with Crippen molar-refractivity contribution in [3.8, 4) is 0 Å². The van der Waals surface area contributed by atoms with Crippen molar-refractivity contribution >= 4 is 0 Å². The zero-order chi connectivity index (χ0) is 8.91. The smallest absolute Gasteiger partial charge is 0.0127 e. The van der Waals surface area contributed by atoms with Crippen LogP contribution in [0.3, 0.4) is 0 Å². The zero-order valence-corrected chi connectivity index (χ0v) is 8.70. The topological polar surface area (TPSA) is 12.0 Å². The van der Waals surface area contributed by atoms with Gasteiger partial charge in [-0.05, 0) is 33.6 Å². The lowest BCUT2D eigenvalue weighted by Gasteiger charge is -2.35. The third-order valence-corrected chi connectivity index (χ3v) is 2.08. The van der Waals surface area contributed by atoms with E-state index in [4.69, 9.17) is 0 Å². The summed E-state index contributed by atoms with van der Waals surface area (Å²) in [6, 6.07) is 0.730. The molecule has 1 fully saturated rings. The van der Waals surface area contributed by atoms with Crippen LogP contribution in [0.2, 0.25) is 0 Å². The molecule has 1 rings (SSSR count). The van der Waals surface area contributed by atoms with Crippen LogP contribution >= 0.6 is 0 Å². The molecule has 0 aromatic rings. The minimum atomic E-state index is 0.400. The van der Waals surface area contributed by atoms with Crippen LogP contribution in [0.1, 0.15) is 53.9 Å². The molecule has 1 heteroatoms. The molecule has 0 amide bonds.